The minimum absolute atomic E-state index is 0.969. The van der Waals surface area contributed by atoms with Gasteiger partial charge in [0.25, 0.3) is 0 Å². The molecule has 0 saturated carbocycles. The molecule has 0 saturated heterocycles. The van der Waals surface area contributed by atoms with E-state index in [1.54, 1.807) is 0 Å². The van der Waals surface area contributed by atoms with Gasteiger partial charge in [-0.3, -0.25) is 0 Å². The molecule has 1 nitrogen and oxygen atoms in total. The summed E-state index contributed by atoms with van der Waals surface area (Å²) < 4.78 is 0. The van der Waals surface area contributed by atoms with Crippen molar-refractivity contribution in [2.24, 2.45) is 0 Å². The molecule has 0 aromatic carbocycles. The van der Waals surface area contributed by atoms with Crippen molar-refractivity contribution in [2.45, 2.75) is 57.0 Å². The van der Waals surface area contributed by atoms with Crippen molar-refractivity contribution >= 4 is 23.4 Å². The molecular formula is C10H20LiN. The van der Waals surface area contributed by atoms with E-state index in [9.17, 15) is 0 Å². The molecule has 0 unspecified atom stereocenters. The van der Waals surface area contributed by atoms with Crippen LogP contribution in [0.4, 0.5) is 0 Å². The summed E-state index contributed by atoms with van der Waals surface area (Å²) >= 11 is 2.21. The summed E-state index contributed by atoms with van der Waals surface area (Å²) in [6.07, 6.45) is 8.37. The monoisotopic (exact) mass is 161 g/mol. The topological polar surface area (TPSA) is 23.9 Å². The Bertz CT molecular complexity index is 100. The van der Waals surface area contributed by atoms with Crippen molar-refractivity contribution in [2.75, 3.05) is 0 Å². The molecular weight excluding hydrogens is 141 g/mol. The first-order valence-electron chi connectivity index (χ1n) is 5.37. The van der Waals surface area contributed by atoms with Gasteiger partial charge in [-0.2, -0.15) is 0 Å². The van der Waals surface area contributed by atoms with E-state index >= 15 is 0 Å². The summed E-state index contributed by atoms with van der Waals surface area (Å²) in [4.78, 5) is 0. The second-order valence-electron chi connectivity index (χ2n) is 3.52. The van der Waals surface area contributed by atoms with Gasteiger partial charge >= 0.3 is 85.8 Å². The van der Waals surface area contributed by atoms with E-state index in [4.69, 9.17) is 5.41 Å². The molecule has 0 heterocycles. The second-order valence-corrected chi connectivity index (χ2v) is 3.52. The van der Waals surface area contributed by atoms with Gasteiger partial charge in [-0.15, -0.1) is 0 Å². The zero-order valence-corrected chi connectivity index (χ0v) is 8.66. The van der Waals surface area contributed by atoms with Crippen molar-refractivity contribution < 1.29 is 0 Å². The van der Waals surface area contributed by atoms with Crippen molar-refractivity contribution in [3.05, 3.63) is 0 Å². The molecule has 0 aromatic heterocycles. The summed E-state index contributed by atoms with van der Waals surface area (Å²) in [7, 11) is 0. The number of nitrogens with one attached hydrogen (secondary N) is 1. The van der Waals surface area contributed by atoms with Crippen molar-refractivity contribution in [1.29, 1.82) is 5.41 Å². The molecule has 0 aromatic rings. The predicted molar refractivity (Wildman–Crippen MR) is 56.3 cm³/mol. The number of unbranched alkanes of at least 4 members (excludes halogenated alkanes) is 3. The molecule has 0 aliphatic rings. The van der Waals surface area contributed by atoms with Crippen LogP contribution in [0.1, 0.15) is 51.9 Å². The van der Waals surface area contributed by atoms with Gasteiger partial charge in [-0.25, -0.2) is 0 Å². The number of hydrogen-bond acceptors (Lipinski definition) is 1. The Morgan fingerprint density at radius 1 is 1.08 bits per heavy atom. The van der Waals surface area contributed by atoms with Gasteiger partial charge in [0.1, 0.15) is 0 Å². The first-order valence-corrected chi connectivity index (χ1v) is 5.37. The summed E-state index contributed by atoms with van der Waals surface area (Å²) in [6, 6.07) is 0. The van der Waals surface area contributed by atoms with Crippen molar-refractivity contribution in [3.63, 3.8) is 0 Å². The van der Waals surface area contributed by atoms with E-state index in [0.29, 0.717) is 0 Å². The maximum absolute atomic E-state index is 7.65. The van der Waals surface area contributed by atoms with E-state index in [0.717, 1.165) is 18.6 Å². The average molecular weight is 161 g/mol. The van der Waals surface area contributed by atoms with Gasteiger partial charge in [-0.05, 0) is 0 Å². The van der Waals surface area contributed by atoms with Crippen LogP contribution in [0.3, 0.4) is 0 Å². The fourth-order valence-electron chi connectivity index (χ4n) is 1.30. The van der Waals surface area contributed by atoms with Crippen LogP contribution in [-0.2, 0) is 0 Å². The molecule has 66 valence electrons. The minimum atomic E-state index is 0.969. The van der Waals surface area contributed by atoms with Gasteiger partial charge in [-0.1, -0.05) is 0 Å². The molecule has 12 heavy (non-hydrogen) atoms. The SMILES string of the molecule is [Li][CH2]CCCC(=N)CCCCC. The molecule has 2 heteroatoms. The average Bonchev–Trinajstić information content (AvgIpc) is 2.06. The molecule has 0 fully saturated rings. The maximum atomic E-state index is 7.65. The van der Waals surface area contributed by atoms with Gasteiger partial charge < -0.3 is 0 Å². The van der Waals surface area contributed by atoms with Gasteiger partial charge in [0.15, 0.2) is 0 Å². The fraction of sp³-hybridized carbons (Fsp3) is 0.900. The summed E-state index contributed by atoms with van der Waals surface area (Å²) in [6.45, 7) is 2.21. The molecule has 0 rings (SSSR count). The molecule has 1 N–H and O–H groups in total. The van der Waals surface area contributed by atoms with Crippen LogP contribution in [0.5, 0.6) is 0 Å². The normalized spacial score (nSPS) is 10.2. The first-order chi connectivity index (χ1) is 5.81. The Labute approximate surface area is 86.0 Å². The quantitative estimate of drug-likeness (QED) is 0.321. The zero-order chi connectivity index (χ0) is 9.23. The predicted octanol–water partition coefficient (Wildman–Crippen LogP) is 3.34. The van der Waals surface area contributed by atoms with Crippen molar-refractivity contribution in [3.8, 4) is 0 Å². The molecule has 0 radical (unpaired) electrons. The van der Waals surface area contributed by atoms with Crippen LogP contribution in [0.15, 0.2) is 0 Å². The Hall–Kier alpha value is 0.267. The summed E-state index contributed by atoms with van der Waals surface area (Å²) in [5.41, 5.74) is 0.969. The Kier molecular flexibility index (Phi) is 9.56. The molecule has 0 bridgehead atoms. The van der Waals surface area contributed by atoms with E-state index in [2.05, 4.69) is 24.6 Å². The summed E-state index contributed by atoms with van der Waals surface area (Å²) in [5.74, 6) is 0. The second kappa shape index (κ2) is 9.36. The molecule has 0 aliphatic carbocycles. The third kappa shape index (κ3) is 8.36. The van der Waals surface area contributed by atoms with Crippen LogP contribution in [-0.4, -0.2) is 23.4 Å². The first kappa shape index (κ1) is 12.3. The molecule has 0 aliphatic heterocycles. The van der Waals surface area contributed by atoms with Gasteiger partial charge in [0.05, 0.1) is 0 Å². The van der Waals surface area contributed by atoms with Crippen LogP contribution in [0.2, 0.25) is 5.09 Å². The van der Waals surface area contributed by atoms with E-state index in [1.807, 2.05) is 0 Å². The van der Waals surface area contributed by atoms with E-state index in [-0.39, 0.29) is 0 Å². The van der Waals surface area contributed by atoms with Gasteiger partial charge in [0.2, 0.25) is 0 Å². The standard InChI is InChI=1S/C10H20N.Li/c1-3-5-7-9-10(11)8-6-4-2;/h11H,2-9H2,1H3;. The molecule has 0 atom stereocenters. The third-order valence-electron chi connectivity index (χ3n) is 2.16. The molecule has 0 spiro atoms. The van der Waals surface area contributed by atoms with Crippen LogP contribution < -0.4 is 0 Å². The van der Waals surface area contributed by atoms with Crippen molar-refractivity contribution in [1.82, 2.24) is 0 Å². The third-order valence-corrected chi connectivity index (χ3v) is 2.16. The van der Waals surface area contributed by atoms with Crippen LogP contribution >= 0.6 is 0 Å². The van der Waals surface area contributed by atoms with Gasteiger partial charge in [0, 0.05) is 0 Å². The Balaban J connectivity index is 3.10. The Morgan fingerprint density at radius 2 is 1.67 bits per heavy atom. The zero-order valence-electron chi connectivity index (χ0n) is 8.66. The Morgan fingerprint density at radius 3 is 2.17 bits per heavy atom. The van der Waals surface area contributed by atoms with E-state index in [1.165, 1.54) is 37.2 Å². The number of hydrogen-bond donors (Lipinski definition) is 1. The fourth-order valence-corrected chi connectivity index (χ4v) is 1.30. The molecule has 0 amide bonds. The van der Waals surface area contributed by atoms with Crippen LogP contribution in [0, 0.1) is 5.41 Å². The number of rotatable bonds is 8. The van der Waals surface area contributed by atoms with Crippen LogP contribution in [0.25, 0.3) is 0 Å². The summed E-state index contributed by atoms with van der Waals surface area (Å²) in [5, 5.41) is 8.91. The van der Waals surface area contributed by atoms with E-state index < -0.39 is 0 Å².